The van der Waals surface area contributed by atoms with Gasteiger partial charge in [-0.3, -0.25) is 9.59 Å². The number of rotatable bonds is 8. The van der Waals surface area contributed by atoms with Crippen molar-refractivity contribution in [2.75, 3.05) is 6.61 Å². The SMILES string of the molecule is CCOC1CC(CC(=O)NC(C)CCC(=O)O)C1. The largest absolute Gasteiger partial charge is 0.481 e. The van der Waals surface area contributed by atoms with Gasteiger partial charge >= 0.3 is 5.97 Å². The van der Waals surface area contributed by atoms with Crippen molar-refractivity contribution in [1.29, 1.82) is 0 Å². The number of carbonyl (C=O) groups excluding carboxylic acids is 1. The summed E-state index contributed by atoms with van der Waals surface area (Å²) in [6, 6.07) is -0.0728. The summed E-state index contributed by atoms with van der Waals surface area (Å²) in [4.78, 5) is 22.1. The molecule has 0 radical (unpaired) electrons. The van der Waals surface area contributed by atoms with Gasteiger partial charge in [-0.15, -0.1) is 0 Å². The summed E-state index contributed by atoms with van der Waals surface area (Å²) in [6.45, 7) is 4.55. The van der Waals surface area contributed by atoms with Crippen LogP contribution in [-0.4, -0.2) is 35.7 Å². The third-order valence-electron chi connectivity index (χ3n) is 3.27. The fourth-order valence-electron chi connectivity index (χ4n) is 2.22. The molecule has 1 amide bonds. The number of hydrogen-bond acceptors (Lipinski definition) is 3. The van der Waals surface area contributed by atoms with Gasteiger partial charge in [0.1, 0.15) is 0 Å². The maximum Gasteiger partial charge on any atom is 0.303 e. The van der Waals surface area contributed by atoms with Crippen LogP contribution in [0.2, 0.25) is 0 Å². The Morgan fingerprint density at radius 1 is 1.44 bits per heavy atom. The van der Waals surface area contributed by atoms with Crippen LogP contribution in [0.25, 0.3) is 0 Å². The number of nitrogens with one attached hydrogen (secondary N) is 1. The summed E-state index contributed by atoms with van der Waals surface area (Å²) >= 11 is 0. The second kappa shape index (κ2) is 7.36. The molecule has 2 N–H and O–H groups in total. The van der Waals surface area contributed by atoms with Gasteiger partial charge in [0.05, 0.1) is 6.10 Å². The highest BCUT2D eigenvalue weighted by Crippen LogP contribution is 2.32. The summed E-state index contributed by atoms with van der Waals surface area (Å²) in [7, 11) is 0. The average Bonchev–Trinajstić information content (AvgIpc) is 2.23. The van der Waals surface area contributed by atoms with Gasteiger partial charge in [0.15, 0.2) is 0 Å². The molecule has 0 heterocycles. The van der Waals surface area contributed by atoms with Crippen LogP contribution in [0, 0.1) is 5.92 Å². The van der Waals surface area contributed by atoms with Gasteiger partial charge in [-0.05, 0) is 39.0 Å². The summed E-state index contributed by atoms with van der Waals surface area (Å²) in [6.07, 6.45) is 3.36. The molecule has 1 saturated carbocycles. The first-order valence-corrected chi connectivity index (χ1v) is 6.64. The maximum absolute atomic E-state index is 11.7. The predicted octanol–water partition coefficient (Wildman–Crippen LogP) is 1.56. The molecule has 0 spiro atoms. The smallest absolute Gasteiger partial charge is 0.303 e. The molecule has 1 aliphatic rings. The van der Waals surface area contributed by atoms with Crippen LogP contribution in [0.15, 0.2) is 0 Å². The van der Waals surface area contributed by atoms with Crippen LogP contribution in [0.1, 0.15) is 46.0 Å². The lowest BCUT2D eigenvalue weighted by Crippen LogP contribution is -2.38. The van der Waals surface area contributed by atoms with Crippen molar-refractivity contribution in [1.82, 2.24) is 5.32 Å². The molecule has 5 nitrogen and oxygen atoms in total. The highest BCUT2D eigenvalue weighted by atomic mass is 16.5. The Morgan fingerprint density at radius 3 is 2.67 bits per heavy atom. The molecule has 18 heavy (non-hydrogen) atoms. The van der Waals surface area contributed by atoms with Crippen molar-refractivity contribution in [3.8, 4) is 0 Å². The molecule has 1 fully saturated rings. The Hall–Kier alpha value is -1.10. The number of carboxylic acid groups (broad SMARTS) is 1. The van der Waals surface area contributed by atoms with Crippen molar-refractivity contribution in [3.63, 3.8) is 0 Å². The normalized spacial score (nSPS) is 24.1. The molecular weight excluding hydrogens is 234 g/mol. The zero-order valence-electron chi connectivity index (χ0n) is 11.1. The third-order valence-corrected chi connectivity index (χ3v) is 3.27. The molecule has 0 bridgehead atoms. The van der Waals surface area contributed by atoms with Crippen LogP contribution in [-0.2, 0) is 14.3 Å². The Labute approximate surface area is 108 Å². The number of carbonyl (C=O) groups is 2. The third kappa shape index (κ3) is 5.49. The highest BCUT2D eigenvalue weighted by molar-refractivity contribution is 5.76. The zero-order chi connectivity index (χ0) is 13.5. The molecule has 0 saturated heterocycles. The molecule has 104 valence electrons. The van der Waals surface area contributed by atoms with E-state index >= 15 is 0 Å². The Balaban J connectivity index is 2.09. The number of carboxylic acids is 1. The Kier molecular flexibility index (Phi) is 6.12. The van der Waals surface area contributed by atoms with E-state index in [0.717, 1.165) is 19.4 Å². The highest BCUT2D eigenvalue weighted by Gasteiger charge is 2.31. The van der Waals surface area contributed by atoms with Crippen LogP contribution in [0.4, 0.5) is 0 Å². The molecule has 1 atom stereocenters. The van der Waals surface area contributed by atoms with Crippen molar-refractivity contribution >= 4 is 11.9 Å². The number of ether oxygens (including phenoxy) is 1. The second-order valence-electron chi connectivity index (χ2n) is 5.02. The van der Waals surface area contributed by atoms with Gasteiger partial charge in [-0.25, -0.2) is 0 Å². The van der Waals surface area contributed by atoms with Crippen LogP contribution < -0.4 is 5.32 Å². The van der Waals surface area contributed by atoms with Gasteiger partial charge < -0.3 is 15.2 Å². The molecule has 1 unspecified atom stereocenters. The molecule has 0 aromatic rings. The van der Waals surface area contributed by atoms with Crippen molar-refractivity contribution in [2.45, 2.75) is 58.1 Å². The predicted molar refractivity (Wildman–Crippen MR) is 67.2 cm³/mol. The average molecular weight is 257 g/mol. The zero-order valence-corrected chi connectivity index (χ0v) is 11.1. The van der Waals surface area contributed by atoms with Crippen molar-refractivity contribution in [3.05, 3.63) is 0 Å². The minimum absolute atomic E-state index is 0.0211. The minimum atomic E-state index is -0.824. The summed E-state index contributed by atoms with van der Waals surface area (Å²) in [5.74, 6) is -0.379. The Morgan fingerprint density at radius 2 is 2.11 bits per heavy atom. The Bertz CT molecular complexity index is 287. The van der Waals surface area contributed by atoms with Gasteiger partial charge in [-0.1, -0.05) is 0 Å². The minimum Gasteiger partial charge on any atom is -0.481 e. The van der Waals surface area contributed by atoms with E-state index in [4.69, 9.17) is 9.84 Å². The van der Waals surface area contributed by atoms with E-state index in [1.165, 1.54) is 0 Å². The summed E-state index contributed by atoms with van der Waals surface area (Å²) < 4.78 is 5.44. The van der Waals surface area contributed by atoms with Gasteiger partial charge in [0.25, 0.3) is 0 Å². The lowest BCUT2D eigenvalue weighted by Gasteiger charge is -2.34. The van der Waals surface area contributed by atoms with E-state index in [-0.39, 0.29) is 18.4 Å². The van der Waals surface area contributed by atoms with Crippen molar-refractivity contribution in [2.24, 2.45) is 5.92 Å². The molecule has 5 heteroatoms. The van der Waals surface area contributed by atoms with Crippen LogP contribution in [0.5, 0.6) is 0 Å². The standard InChI is InChI=1S/C13H23NO4/c1-3-18-11-6-10(7-11)8-12(15)14-9(2)4-5-13(16)17/h9-11H,3-8H2,1-2H3,(H,14,15)(H,16,17). The molecule has 0 aromatic heterocycles. The van der Waals surface area contributed by atoms with E-state index in [2.05, 4.69) is 5.32 Å². The second-order valence-corrected chi connectivity index (χ2v) is 5.02. The molecule has 1 rings (SSSR count). The monoisotopic (exact) mass is 257 g/mol. The first-order chi connectivity index (χ1) is 8.51. The summed E-state index contributed by atoms with van der Waals surface area (Å²) in [5, 5.41) is 11.4. The number of hydrogen-bond donors (Lipinski definition) is 2. The van der Waals surface area contributed by atoms with Gasteiger partial charge in [-0.2, -0.15) is 0 Å². The van der Waals surface area contributed by atoms with E-state index in [9.17, 15) is 9.59 Å². The number of aliphatic carboxylic acids is 1. The molecule has 1 aliphatic carbocycles. The topological polar surface area (TPSA) is 75.6 Å². The lowest BCUT2D eigenvalue weighted by molar-refractivity contribution is -0.137. The quantitative estimate of drug-likeness (QED) is 0.692. The first kappa shape index (κ1) is 15.0. The lowest BCUT2D eigenvalue weighted by atomic mass is 9.80. The maximum atomic E-state index is 11.7. The van der Waals surface area contributed by atoms with Gasteiger partial charge in [0.2, 0.25) is 5.91 Å². The molecule has 0 aromatic carbocycles. The number of amides is 1. The van der Waals surface area contributed by atoms with E-state index < -0.39 is 5.97 Å². The van der Waals surface area contributed by atoms with Crippen LogP contribution in [0.3, 0.4) is 0 Å². The van der Waals surface area contributed by atoms with E-state index in [1.54, 1.807) is 0 Å². The summed E-state index contributed by atoms with van der Waals surface area (Å²) in [5.41, 5.74) is 0. The van der Waals surface area contributed by atoms with Crippen molar-refractivity contribution < 1.29 is 19.4 Å². The van der Waals surface area contributed by atoms with E-state index in [1.807, 2.05) is 13.8 Å². The molecule has 0 aliphatic heterocycles. The van der Waals surface area contributed by atoms with Crippen LogP contribution >= 0.6 is 0 Å². The fourth-order valence-corrected chi connectivity index (χ4v) is 2.22. The van der Waals surface area contributed by atoms with Gasteiger partial charge in [0, 0.05) is 25.5 Å². The molecular formula is C13H23NO4. The van der Waals surface area contributed by atoms with E-state index in [0.29, 0.717) is 24.9 Å². The fraction of sp³-hybridized carbons (Fsp3) is 0.846. The first-order valence-electron chi connectivity index (χ1n) is 6.64.